The summed E-state index contributed by atoms with van der Waals surface area (Å²) in [6.45, 7) is 7.54. The van der Waals surface area contributed by atoms with Crippen LogP contribution in [0, 0.1) is 12.7 Å². The van der Waals surface area contributed by atoms with Gasteiger partial charge in [-0.15, -0.1) is 0 Å². The molecule has 1 aliphatic rings. The Hall–Kier alpha value is -2.21. The molecule has 1 saturated heterocycles. The van der Waals surface area contributed by atoms with E-state index in [-0.39, 0.29) is 18.0 Å². The molecule has 1 atom stereocenters. The zero-order valence-electron chi connectivity index (χ0n) is 15.7. The Labute approximate surface area is 154 Å². The summed E-state index contributed by atoms with van der Waals surface area (Å²) >= 11 is 0. The molecule has 1 fully saturated rings. The van der Waals surface area contributed by atoms with E-state index in [0.29, 0.717) is 0 Å². The van der Waals surface area contributed by atoms with Gasteiger partial charge in [0.1, 0.15) is 17.5 Å². The van der Waals surface area contributed by atoms with Gasteiger partial charge < -0.3 is 15.3 Å². The number of hydrogen-bond donors (Lipinski definition) is 2. The number of aliphatic hydroxyl groups excluding tert-OH is 1. The van der Waals surface area contributed by atoms with Crippen LogP contribution in [0.25, 0.3) is 0 Å². The maximum absolute atomic E-state index is 13.9. The van der Waals surface area contributed by atoms with Crippen LogP contribution in [0.2, 0.25) is 0 Å². The summed E-state index contributed by atoms with van der Waals surface area (Å²) in [5.41, 5.74) is 2.83. The van der Waals surface area contributed by atoms with Crippen molar-refractivity contribution in [2.45, 2.75) is 52.2 Å². The van der Waals surface area contributed by atoms with Gasteiger partial charge in [0.2, 0.25) is 0 Å². The molecule has 1 aromatic carbocycles. The van der Waals surface area contributed by atoms with Gasteiger partial charge in [0, 0.05) is 42.5 Å². The fraction of sp³-hybridized carbons (Fsp3) is 0.500. The van der Waals surface area contributed by atoms with E-state index in [1.807, 2.05) is 32.9 Å². The standard InChI is InChI=1S/C20H27FN4O/c1-4-19-22-13(2)11-20(24-19)23-14(3)17-12-15(21)5-6-18(17)25-9-7-16(26)8-10-25/h5-6,11-12,14,16,26H,4,7-10H2,1-3H3,(H,22,23,24). The lowest BCUT2D eigenvalue weighted by atomic mass is 10.0. The maximum atomic E-state index is 13.9. The van der Waals surface area contributed by atoms with Crippen molar-refractivity contribution in [3.05, 3.63) is 47.2 Å². The zero-order valence-corrected chi connectivity index (χ0v) is 15.7. The Morgan fingerprint density at radius 3 is 2.69 bits per heavy atom. The molecular formula is C20H27FN4O. The second kappa shape index (κ2) is 7.99. The van der Waals surface area contributed by atoms with Crippen molar-refractivity contribution in [2.75, 3.05) is 23.3 Å². The summed E-state index contributed by atoms with van der Waals surface area (Å²) in [7, 11) is 0. The van der Waals surface area contributed by atoms with Crippen molar-refractivity contribution >= 4 is 11.5 Å². The number of aryl methyl sites for hydroxylation is 2. The van der Waals surface area contributed by atoms with Crippen molar-refractivity contribution in [2.24, 2.45) is 0 Å². The fourth-order valence-electron chi connectivity index (χ4n) is 3.43. The Bertz CT molecular complexity index is 759. The number of anilines is 2. The van der Waals surface area contributed by atoms with E-state index in [1.165, 1.54) is 6.07 Å². The van der Waals surface area contributed by atoms with Crippen molar-refractivity contribution in [3.63, 3.8) is 0 Å². The first-order valence-electron chi connectivity index (χ1n) is 9.29. The van der Waals surface area contributed by atoms with E-state index in [9.17, 15) is 9.50 Å². The minimum absolute atomic E-state index is 0.105. The number of aliphatic hydroxyl groups is 1. The first-order valence-corrected chi connectivity index (χ1v) is 9.29. The van der Waals surface area contributed by atoms with E-state index < -0.39 is 0 Å². The third kappa shape index (κ3) is 4.30. The molecule has 0 spiro atoms. The van der Waals surface area contributed by atoms with Gasteiger partial charge in [-0.1, -0.05) is 6.92 Å². The number of rotatable bonds is 5. The number of halogens is 1. The summed E-state index contributed by atoms with van der Waals surface area (Å²) in [5.74, 6) is 1.30. The summed E-state index contributed by atoms with van der Waals surface area (Å²) in [5, 5.41) is 13.1. The van der Waals surface area contributed by atoms with Crippen LogP contribution in [-0.2, 0) is 6.42 Å². The Kier molecular flexibility index (Phi) is 5.71. The molecule has 1 aromatic heterocycles. The third-order valence-electron chi connectivity index (χ3n) is 4.84. The minimum Gasteiger partial charge on any atom is -0.393 e. The number of nitrogens with zero attached hydrogens (tertiary/aromatic N) is 3. The van der Waals surface area contributed by atoms with Crippen molar-refractivity contribution < 1.29 is 9.50 Å². The summed E-state index contributed by atoms with van der Waals surface area (Å²) in [6.07, 6.45) is 2.02. The molecule has 2 N–H and O–H groups in total. The van der Waals surface area contributed by atoms with Crippen LogP contribution < -0.4 is 10.2 Å². The van der Waals surface area contributed by atoms with Crippen molar-refractivity contribution in [3.8, 4) is 0 Å². The van der Waals surface area contributed by atoms with E-state index in [2.05, 4.69) is 20.2 Å². The fourth-order valence-corrected chi connectivity index (χ4v) is 3.43. The molecule has 0 amide bonds. The molecule has 2 heterocycles. The molecule has 3 rings (SSSR count). The number of benzene rings is 1. The predicted octanol–water partition coefficient (Wildman–Crippen LogP) is 3.62. The molecule has 6 heteroatoms. The highest BCUT2D eigenvalue weighted by Gasteiger charge is 2.22. The van der Waals surface area contributed by atoms with Gasteiger partial charge >= 0.3 is 0 Å². The molecule has 140 valence electrons. The van der Waals surface area contributed by atoms with Crippen LogP contribution >= 0.6 is 0 Å². The molecule has 1 unspecified atom stereocenters. The zero-order chi connectivity index (χ0) is 18.7. The molecule has 26 heavy (non-hydrogen) atoms. The van der Waals surface area contributed by atoms with Crippen LogP contribution in [0.4, 0.5) is 15.9 Å². The van der Waals surface area contributed by atoms with Gasteiger partial charge in [-0.05, 0) is 44.9 Å². The lowest BCUT2D eigenvalue weighted by molar-refractivity contribution is 0.145. The number of hydrogen-bond acceptors (Lipinski definition) is 5. The number of aromatic nitrogens is 2. The van der Waals surface area contributed by atoms with E-state index in [4.69, 9.17) is 0 Å². The molecule has 0 saturated carbocycles. The predicted molar refractivity (Wildman–Crippen MR) is 102 cm³/mol. The lowest BCUT2D eigenvalue weighted by Crippen LogP contribution is -2.36. The van der Waals surface area contributed by atoms with Gasteiger partial charge in [0.25, 0.3) is 0 Å². The van der Waals surface area contributed by atoms with E-state index in [1.54, 1.807) is 6.07 Å². The third-order valence-corrected chi connectivity index (χ3v) is 4.84. The van der Waals surface area contributed by atoms with Crippen LogP contribution in [0.15, 0.2) is 24.3 Å². The molecular weight excluding hydrogens is 331 g/mol. The highest BCUT2D eigenvalue weighted by Crippen LogP contribution is 2.31. The first-order chi connectivity index (χ1) is 12.5. The Morgan fingerprint density at radius 2 is 2.00 bits per heavy atom. The normalized spacial score (nSPS) is 16.6. The first kappa shape index (κ1) is 18.6. The van der Waals surface area contributed by atoms with Gasteiger partial charge in [-0.2, -0.15) is 0 Å². The highest BCUT2D eigenvalue weighted by atomic mass is 19.1. The molecule has 2 aromatic rings. The number of piperidine rings is 1. The summed E-state index contributed by atoms with van der Waals surface area (Å²) in [4.78, 5) is 11.2. The van der Waals surface area contributed by atoms with Gasteiger partial charge in [-0.25, -0.2) is 14.4 Å². The smallest absolute Gasteiger partial charge is 0.130 e. The van der Waals surface area contributed by atoms with Gasteiger partial charge in [-0.3, -0.25) is 0 Å². The van der Waals surface area contributed by atoms with E-state index >= 15 is 0 Å². The van der Waals surface area contributed by atoms with E-state index in [0.717, 1.165) is 60.9 Å². The van der Waals surface area contributed by atoms with Crippen LogP contribution in [0.3, 0.4) is 0 Å². The molecule has 0 bridgehead atoms. The largest absolute Gasteiger partial charge is 0.393 e. The van der Waals surface area contributed by atoms with Crippen LogP contribution in [-0.4, -0.2) is 34.3 Å². The van der Waals surface area contributed by atoms with Gasteiger partial charge in [0.05, 0.1) is 12.1 Å². The molecule has 5 nitrogen and oxygen atoms in total. The minimum atomic E-state index is -0.248. The van der Waals surface area contributed by atoms with Crippen LogP contribution in [0.1, 0.15) is 49.8 Å². The van der Waals surface area contributed by atoms with Crippen molar-refractivity contribution in [1.82, 2.24) is 9.97 Å². The molecule has 0 aliphatic carbocycles. The lowest BCUT2D eigenvalue weighted by Gasteiger charge is -2.34. The SMILES string of the molecule is CCc1nc(C)cc(NC(C)c2cc(F)ccc2N2CCC(O)CC2)n1. The summed E-state index contributed by atoms with van der Waals surface area (Å²) < 4.78 is 13.9. The Balaban J connectivity index is 1.85. The topological polar surface area (TPSA) is 61.3 Å². The quantitative estimate of drug-likeness (QED) is 0.855. The van der Waals surface area contributed by atoms with Crippen molar-refractivity contribution in [1.29, 1.82) is 0 Å². The Morgan fingerprint density at radius 1 is 1.27 bits per heavy atom. The molecule has 1 aliphatic heterocycles. The summed E-state index contributed by atoms with van der Waals surface area (Å²) in [6, 6.07) is 6.73. The monoisotopic (exact) mass is 358 g/mol. The number of nitrogens with one attached hydrogen (secondary N) is 1. The second-order valence-corrected chi connectivity index (χ2v) is 6.95. The molecule has 0 radical (unpaired) electrons. The highest BCUT2D eigenvalue weighted by molar-refractivity contribution is 5.57. The van der Waals surface area contributed by atoms with Crippen LogP contribution in [0.5, 0.6) is 0 Å². The maximum Gasteiger partial charge on any atom is 0.130 e. The average molecular weight is 358 g/mol. The van der Waals surface area contributed by atoms with Gasteiger partial charge in [0.15, 0.2) is 0 Å². The second-order valence-electron chi connectivity index (χ2n) is 6.95. The average Bonchev–Trinajstić information content (AvgIpc) is 2.62.